The van der Waals surface area contributed by atoms with Crippen LogP contribution in [0.15, 0.2) is 48.8 Å². The van der Waals surface area contributed by atoms with Crippen molar-refractivity contribution in [2.24, 2.45) is 0 Å². The van der Waals surface area contributed by atoms with E-state index in [1.54, 1.807) is 12.3 Å². The fourth-order valence-corrected chi connectivity index (χ4v) is 3.41. The molecule has 4 rings (SSSR count). The second-order valence-electron chi connectivity index (χ2n) is 6.50. The van der Waals surface area contributed by atoms with Gasteiger partial charge < -0.3 is 15.2 Å². The number of aromatic nitrogens is 2. The lowest BCUT2D eigenvalue weighted by molar-refractivity contribution is 0.0720. The second-order valence-corrected chi connectivity index (χ2v) is 6.50. The van der Waals surface area contributed by atoms with Crippen molar-refractivity contribution in [2.75, 3.05) is 18.4 Å². The summed E-state index contributed by atoms with van der Waals surface area (Å²) in [5, 5.41) is 13.3. The normalized spacial score (nSPS) is 15.0. The Balaban J connectivity index is 1.39. The number of fused-ring (bicyclic) bond motifs is 1. The number of anilines is 1. The van der Waals surface area contributed by atoms with Crippen LogP contribution in [0, 0.1) is 11.3 Å². The van der Waals surface area contributed by atoms with Gasteiger partial charge in [-0.1, -0.05) is 12.1 Å². The molecule has 1 amide bonds. The summed E-state index contributed by atoms with van der Waals surface area (Å²) in [7, 11) is 0. The van der Waals surface area contributed by atoms with Crippen LogP contribution in [-0.4, -0.2) is 39.9 Å². The highest BCUT2D eigenvalue weighted by Gasteiger charge is 2.25. The molecule has 6 nitrogen and oxygen atoms in total. The Hall–Kier alpha value is -3.33. The second kappa shape index (κ2) is 6.89. The summed E-state index contributed by atoms with van der Waals surface area (Å²) in [6, 6.07) is 13.7. The molecule has 26 heavy (non-hydrogen) atoms. The number of benzene rings is 1. The largest absolute Gasteiger partial charge is 0.367 e. The third kappa shape index (κ3) is 3.11. The van der Waals surface area contributed by atoms with E-state index >= 15 is 0 Å². The minimum absolute atomic E-state index is 0.0769. The van der Waals surface area contributed by atoms with Crippen molar-refractivity contribution < 1.29 is 4.79 Å². The first-order valence-electron chi connectivity index (χ1n) is 8.72. The molecular weight excluding hydrogens is 326 g/mol. The van der Waals surface area contributed by atoms with Crippen molar-refractivity contribution in [3.05, 3.63) is 59.9 Å². The lowest BCUT2D eigenvalue weighted by atomic mass is 10.0. The van der Waals surface area contributed by atoms with Crippen molar-refractivity contribution >= 4 is 22.6 Å². The maximum atomic E-state index is 12.9. The molecule has 0 aliphatic carbocycles. The molecule has 130 valence electrons. The lowest BCUT2D eigenvalue weighted by Crippen LogP contribution is -2.42. The number of pyridine rings is 1. The molecule has 0 radical (unpaired) electrons. The highest BCUT2D eigenvalue weighted by molar-refractivity contribution is 6.05. The van der Waals surface area contributed by atoms with E-state index < -0.39 is 0 Å². The van der Waals surface area contributed by atoms with E-state index in [1.165, 1.54) is 0 Å². The van der Waals surface area contributed by atoms with Gasteiger partial charge in [0.15, 0.2) is 0 Å². The van der Waals surface area contributed by atoms with E-state index in [4.69, 9.17) is 5.26 Å². The summed E-state index contributed by atoms with van der Waals surface area (Å²) in [4.78, 5) is 22.2. The molecular formula is C20H19N5O. The van der Waals surface area contributed by atoms with Crippen LogP contribution in [0.1, 0.15) is 28.8 Å². The number of aromatic amines is 1. The van der Waals surface area contributed by atoms with Gasteiger partial charge in [0.05, 0.1) is 16.6 Å². The van der Waals surface area contributed by atoms with Gasteiger partial charge in [0.1, 0.15) is 11.9 Å². The Morgan fingerprint density at radius 3 is 2.81 bits per heavy atom. The van der Waals surface area contributed by atoms with Crippen LogP contribution < -0.4 is 5.32 Å². The highest BCUT2D eigenvalue weighted by Crippen LogP contribution is 2.22. The molecule has 1 aliphatic heterocycles. The van der Waals surface area contributed by atoms with Crippen LogP contribution >= 0.6 is 0 Å². The number of amides is 1. The minimum Gasteiger partial charge on any atom is -0.367 e. The first-order chi connectivity index (χ1) is 12.7. The van der Waals surface area contributed by atoms with Gasteiger partial charge in [0, 0.05) is 36.9 Å². The summed E-state index contributed by atoms with van der Waals surface area (Å²) < 4.78 is 0. The number of nitrogens with one attached hydrogen (secondary N) is 2. The monoisotopic (exact) mass is 345 g/mol. The molecule has 0 saturated carbocycles. The van der Waals surface area contributed by atoms with E-state index in [1.807, 2.05) is 41.4 Å². The molecule has 0 spiro atoms. The predicted octanol–water partition coefficient (Wildman–Crippen LogP) is 3.15. The number of likely N-dealkylation sites (tertiary alicyclic amines) is 1. The number of nitriles is 1. The van der Waals surface area contributed by atoms with E-state index in [-0.39, 0.29) is 11.9 Å². The van der Waals surface area contributed by atoms with Gasteiger partial charge in [-0.15, -0.1) is 0 Å². The number of hydrogen-bond acceptors (Lipinski definition) is 4. The Kier molecular flexibility index (Phi) is 4.28. The molecule has 2 aromatic heterocycles. The molecule has 1 aromatic carbocycles. The zero-order chi connectivity index (χ0) is 17.9. The Labute approximate surface area is 151 Å². The van der Waals surface area contributed by atoms with Crippen LogP contribution in [0.4, 0.5) is 5.82 Å². The number of carbonyl (C=O) groups is 1. The standard InChI is InChI=1S/C20H19N5O/c21-12-14-4-5-18(23-13-14)24-16-7-10-25(11-8-16)20(26)17-3-1-2-15-6-9-22-19(15)17/h1-6,9,13,16,22H,7-8,10-11H2,(H,23,24). The summed E-state index contributed by atoms with van der Waals surface area (Å²) in [6.45, 7) is 1.42. The maximum Gasteiger partial charge on any atom is 0.255 e. The van der Waals surface area contributed by atoms with Crippen molar-refractivity contribution in [3.63, 3.8) is 0 Å². The Bertz CT molecular complexity index is 962. The molecule has 1 saturated heterocycles. The van der Waals surface area contributed by atoms with Crippen molar-refractivity contribution in [2.45, 2.75) is 18.9 Å². The van der Waals surface area contributed by atoms with Crippen molar-refractivity contribution in [1.29, 1.82) is 5.26 Å². The number of carbonyl (C=O) groups excluding carboxylic acids is 1. The highest BCUT2D eigenvalue weighted by atomic mass is 16.2. The zero-order valence-corrected chi connectivity index (χ0v) is 14.3. The van der Waals surface area contributed by atoms with E-state index in [0.717, 1.165) is 35.1 Å². The van der Waals surface area contributed by atoms with Gasteiger partial charge in [-0.25, -0.2) is 4.98 Å². The van der Waals surface area contributed by atoms with Gasteiger partial charge in [-0.3, -0.25) is 4.79 Å². The first-order valence-corrected chi connectivity index (χ1v) is 8.72. The lowest BCUT2D eigenvalue weighted by Gasteiger charge is -2.32. The molecule has 2 N–H and O–H groups in total. The SMILES string of the molecule is N#Cc1ccc(NC2CCN(C(=O)c3cccc4cc[nH]c34)CC2)nc1. The molecule has 6 heteroatoms. The van der Waals surface area contributed by atoms with Crippen molar-refractivity contribution in [1.82, 2.24) is 14.9 Å². The number of para-hydroxylation sites is 1. The number of piperidine rings is 1. The minimum atomic E-state index is 0.0769. The average Bonchev–Trinajstić information content (AvgIpc) is 3.17. The predicted molar refractivity (Wildman–Crippen MR) is 99.8 cm³/mol. The molecule has 3 aromatic rings. The fraction of sp³-hybridized carbons (Fsp3) is 0.250. The molecule has 0 atom stereocenters. The summed E-state index contributed by atoms with van der Waals surface area (Å²) in [5.74, 6) is 0.845. The molecule has 3 heterocycles. The third-order valence-corrected chi connectivity index (χ3v) is 4.84. The van der Waals surface area contributed by atoms with E-state index in [0.29, 0.717) is 18.7 Å². The molecule has 0 unspecified atom stereocenters. The summed E-state index contributed by atoms with van der Waals surface area (Å²) >= 11 is 0. The van der Waals surface area contributed by atoms with Crippen molar-refractivity contribution in [3.8, 4) is 6.07 Å². The average molecular weight is 345 g/mol. The number of hydrogen-bond donors (Lipinski definition) is 2. The van der Waals surface area contributed by atoms with Gasteiger partial charge in [0.2, 0.25) is 0 Å². The van der Waals surface area contributed by atoms with E-state index in [2.05, 4.69) is 21.4 Å². The van der Waals surface area contributed by atoms with Gasteiger partial charge in [-0.2, -0.15) is 5.26 Å². The Morgan fingerprint density at radius 2 is 2.08 bits per heavy atom. The topological polar surface area (TPSA) is 84.8 Å². The van der Waals surface area contributed by atoms with Gasteiger partial charge in [0.25, 0.3) is 5.91 Å². The number of H-pyrrole nitrogens is 1. The van der Waals surface area contributed by atoms with Crippen LogP contribution in [-0.2, 0) is 0 Å². The number of nitrogens with zero attached hydrogens (tertiary/aromatic N) is 3. The van der Waals surface area contributed by atoms with Gasteiger partial charge in [-0.05, 0) is 37.1 Å². The Morgan fingerprint density at radius 1 is 1.23 bits per heavy atom. The molecule has 1 fully saturated rings. The van der Waals surface area contributed by atoms with E-state index in [9.17, 15) is 4.79 Å². The molecule has 1 aliphatic rings. The smallest absolute Gasteiger partial charge is 0.255 e. The van der Waals surface area contributed by atoms with Crippen LogP contribution in [0.25, 0.3) is 10.9 Å². The third-order valence-electron chi connectivity index (χ3n) is 4.84. The number of rotatable bonds is 3. The summed E-state index contributed by atoms with van der Waals surface area (Å²) in [6.07, 6.45) is 5.17. The van der Waals surface area contributed by atoms with Gasteiger partial charge >= 0.3 is 0 Å². The quantitative estimate of drug-likeness (QED) is 0.764. The first kappa shape index (κ1) is 16.2. The maximum absolute atomic E-state index is 12.9. The fourth-order valence-electron chi connectivity index (χ4n) is 3.41. The van der Waals surface area contributed by atoms with Crippen LogP contribution in [0.3, 0.4) is 0 Å². The zero-order valence-electron chi connectivity index (χ0n) is 14.3. The summed E-state index contributed by atoms with van der Waals surface area (Å²) in [5.41, 5.74) is 2.18. The van der Waals surface area contributed by atoms with Crippen LogP contribution in [0.5, 0.6) is 0 Å². The van der Waals surface area contributed by atoms with Crippen LogP contribution in [0.2, 0.25) is 0 Å². The molecule has 0 bridgehead atoms.